The van der Waals surface area contributed by atoms with E-state index in [4.69, 9.17) is 9.72 Å². The van der Waals surface area contributed by atoms with E-state index in [9.17, 15) is 0 Å². The van der Waals surface area contributed by atoms with Gasteiger partial charge in [-0.3, -0.25) is 4.40 Å². The largest absolute Gasteiger partial charge is 0.496 e. The highest BCUT2D eigenvalue weighted by Crippen LogP contribution is 2.37. The fourth-order valence-electron chi connectivity index (χ4n) is 3.05. The van der Waals surface area contributed by atoms with Crippen LogP contribution in [0.5, 0.6) is 5.75 Å². The smallest absolute Gasteiger partial charge is 0.187 e. The van der Waals surface area contributed by atoms with Gasteiger partial charge in [0.2, 0.25) is 0 Å². The first-order chi connectivity index (χ1) is 13.2. The minimum Gasteiger partial charge on any atom is -0.496 e. The number of aromatic nitrogens is 2. The molecule has 2 aromatic heterocycles. The van der Waals surface area contributed by atoms with Gasteiger partial charge in [0.05, 0.1) is 12.8 Å². The minimum atomic E-state index is 0.680. The Morgan fingerprint density at radius 2 is 1.74 bits per heavy atom. The van der Waals surface area contributed by atoms with Crippen LogP contribution < -0.4 is 4.74 Å². The van der Waals surface area contributed by atoms with Crippen molar-refractivity contribution in [3.63, 3.8) is 0 Å². The van der Waals surface area contributed by atoms with Crippen molar-refractivity contribution in [1.82, 2.24) is 9.38 Å². The van der Waals surface area contributed by atoms with Gasteiger partial charge >= 0.3 is 0 Å². The predicted molar refractivity (Wildman–Crippen MR) is 107 cm³/mol. The molecule has 5 nitrogen and oxygen atoms in total. The summed E-state index contributed by atoms with van der Waals surface area (Å²) in [5.74, 6) is 1.43. The van der Waals surface area contributed by atoms with E-state index in [0.29, 0.717) is 5.82 Å². The molecule has 5 heteroatoms. The lowest BCUT2D eigenvalue weighted by Gasteiger charge is -2.06. The Bertz CT molecular complexity index is 1140. The number of ether oxygens (including phenoxy) is 1. The number of methoxy groups -OCH3 is 1. The number of aryl methyl sites for hydroxylation is 2. The molecule has 0 amide bonds. The van der Waals surface area contributed by atoms with E-state index in [0.717, 1.165) is 39.5 Å². The summed E-state index contributed by atoms with van der Waals surface area (Å²) < 4.78 is 7.50. The molecule has 0 radical (unpaired) electrons. The van der Waals surface area contributed by atoms with Crippen molar-refractivity contribution in [3.05, 3.63) is 78.0 Å². The van der Waals surface area contributed by atoms with Crippen LogP contribution in [0.4, 0.5) is 11.5 Å². The van der Waals surface area contributed by atoms with Crippen molar-refractivity contribution in [3.8, 4) is 17.0 Å². The maximum absolute atomic E-state index is 5.53. The van der Waals surface area contributed by atoms with Crippen LogP contribution in [0, 0.1) is 13.8 Å². The van der Waals surface area contributed by atoms with Gasteiger partial charge in [0.1, 0.15) is 17.1 Å². The Morgan fingerprint density at radius 3 is 2.56 bits per heavy atom. The van der Waals surface area contributed by atoms with Gasteiger partial charge in [-0.1, -0.05) is 30.3 Å². The van der Waals surface area contributed by atoms with Gasteiger partial charge < -0.3 is 4.74 Å². The standard InChI is InChI=1S/C22H20N4O/c1-15-7-6-8-17(13-15)24-25-22-21(18-9-4-5-10-19(18)27-3)23-20-12-11-16(2)14-26(20)22/h4-14H,1-3H3. The van der Waals surface area contributed by atoms with E-state index in [1.165, 1.54) is 0 Å². The molecule has 0 fully saturated rings. The number of rotatable bonds is 4. The molecule has 0 aliphatic heterocycles. The van der Waals surface area contributed by atoms with Crippen molar-refractivity contribution in [2.45, 2.75) is 13.8 Å². The van der Waals surface area contributed by atoms with Gasteiger partial charge in [-0.15, -0.1) is 10.2 Å². The third kappa shape index (κ3) is 3.31. The summed E-state index contributed by atoms with van der Waals surface area (Å²) in [7, 11) is 1.66. The molecule has 0 spiro atoms. The molecule has 2 aromatic carbocycles. The van der Waals surface area contributed by atoms with Crippen LogP contribution in [0.15, 0.2) is 77.1 Å². The normalized spacial score (nSPS) is 11.4. The van der Waals surface area contributed by atoms with E-state index >= 15 is 0 Å². The van der Waals surface area contributed by atoms with Crippen LogP contribution in [-0.2, 0) is 0 Å². The first-order valence-electron chi connectivity index (χ1n) is 8.76. The highest BCUT2D eigenvalue weighted by Gasteiger charge is 2.17. The van der Waals surface area contributed by atoms with Crippen molar-refractivity contribution in [2.24, 2.45) is 10.2 Å². The number of para-hydroxylation sites is 1. The Morgan fingerprint density at radius 1 is 0.889 bits per heavy atom. The zero-order valence-corrected chi connectivity index (χ0v) is 15.5. The lowest BCUT2D eigenvalue weighted by atomic mass is 10.1. The maximum Gasteiger partial charge on any atom is 0.187 e. The Labute approximate surface area is 158 Å². The maximum atomic E-state index is 5.53. The number of imidazole rings is 1. The van der Waals surface area contributed by atoms with E-state index in [2.05, 4.69) is 10.2 Å². The van der Waals surface area contributed by atoms with E-state index in [1.807, 2.05) is 85.1 Å². The van der Waals surface area contributed by atoms with E-state index < -0.39 is 0 Å². The molecule has 0 bridgehead atoms. The molecule has 2 heterocycles. The van der Waals surface area contributed by atoms with Crippen molar-refractivity contribution in [2.75, 3.05) is 7.11 Å². The van der Waals surface area contributed by atoms with Crippen LogP contribution in [-0.4, -0.2) is 16.5 Å². The fraction of sp³-hybridized carbons (Fsp3) is 0.136. The van der Waals surface area contributed by atoms with Gasteiger partial charge in [-0.25, -0.2) is 4.98 Å². The highest BCUT2D eigenvalue weighted by atomic mass is 16.5. The molecular weight excluding hydrogens is 336 g/mol. The predicted octanol–water partition coefficient (Wildman–Crippen LogP) is 6.04. The van der Waals surface area contributed by atoms with Gasteiger partial charge in [0.25, 0.3) is 0 Å². The number of hydrogen-bond acceptors (Lipinski definition) is 4. The molecule has 0 N–H and O–H groups in total. The SMILES string of the molecule is COc1ccccc1-c1nc2ccc(C)cn2c1N=Nc1cccc(C)c1. The lowest BCUT2D eigenvalue weighted by molar-refractivity contribution is 0.416. The minimum absolute atomic E-state index is 0.680. The number of hydrogen-bond donors (Lipinski definition) is 0. The highest BCUT2D eigenvalue weighted by molar-refractivity contribution is 5.78. The molecule has 4 aromatic rings. The van der Waals surface area contributed by atoms with Crippen LogP contribution in [0.1, 0.15) is 11.1 Å². The van der Waals surface area contributed by atoms with Gasteiger partial charge in [0.15, 0.2) is 5.82 Å². The number of azo groups is 1. The zero-order chi connectivity index (χ0) is 18.8. The number of fused-ring (bicyclic) bond motifs is 1. The summed E-state index contributed by atoms with van der Waals surface area (Å²) in [6, 6.07) is 19.8. The second-order valence-electron chi connectivity index (χ2n) is 6.46. The molecule has 134 valence electrons. The summed E-state index contributed by atoms with van der Waals surface area (Å²) in [5.41, 5.74) is 5.53. The van der Waals surface area contributed by atoms with Gasteiger partial charge in [-0.2, -0.15) is 0 Å². The van der Waals surface area contributed by atoms with Crippen molar-refractivity contribution in [1.29, 1.82) is 0 Å². The summed E-state index contributed by atoms with van der Waals surface area (Å²) >= 11 is 0. The molecule has 0 atom stereocenters. The van der Waals surface area contributed by atoms with Crippen LogP contribution >= 0.6 is 0 Å². The number of nitrogens with zero attached hydrogens (tertiary/aromatic N) is 4. The number of pyridine rings is 1. The average Bonchev–Trinajstić information content (AvgIpc) is 3.04. The van der Waals surface area contributed by atoms with E-state index in [-0.39, 0.29) is 0 Å². The van der Waals surface area contributed by atoms with Crippen molar-refractivity contribution < 1.29 is 4.74 Å². The molecule has 4 rings (SSSR count). The molecule has 27 heavy (non-hydrogen) atoms. The molecular formula is C22H20N4O. The topological polar surface area (TPSA) is 51.2 Å². The summed E-state index contributed by atoms with van der Waals surface area (Å²) in [6.45, 7) is 4.08. The monoisotopic (exact) mass is 356 g/mol. The molecule has 0 aliphatic rings. The fourth-order valence-corrected chi connectivity index (χ4v) is 3.05. The Balaban J connectivity index is 1.92. The molecule has 0 aliphatic carbocycles. The molecule has 0 saturated carbocycles. The Kier molecular flexibility index (Phi) is 4.42. The lowest BCUT2D eigenvalue weighted by Crippen LogP contribution is -1.88. The molecule has 0 saturated heterocycles. The molecule has 0 unspecified atom stereocenters. The average molecular weight is 356 g/mol. The summed E-state index contributed by atoms with van der Waals surface area (Å²) in [5, 5.41) is 9.02. The van der Waals surface area contributed by atoms with Crippen molar-refractivity contribution >= 4 is 17.2 Å². The van der Waals surface area contributed by atoms with Gasteiger partial charge in [-0.05, 0) is 55.3 Å². The third-order valence-corrected chi connectivity index (χ3v) is 4.37. The number of benzene rings is 2. The zero-order valence-electron chi connectivity index (χ0n) is 15.5. The van der Waals surface area contributed by atoms with E-state index in [1.54, 1.807) is 7.11 Å². The van der Waals surface area contributed by atoms with Crippen LogP contribution in [0.2, 0.25) is 0 Å². The summed E-state index contributed by atoms with van der Waals surface area (Å²) in [6.07, 6.45) is 2.02. The third-order valence-electron chi connectivity index (χ3n) is 4.37. The van der Waals surface area contributed by atoms with Crippen LogP contribution in [0.25, 0.3) is 16.9 Å². The second-order valence-corrected chi connectivity index (χ2v) is 6.46. The first kappa shape index (κ1) is 17.0. The second kappa shape index (κ2) is 7.03. The first-order valence-corrected chi connectivity index (χ1v) is 8.76. The van der Waals surface area contributed by atoms with Gasteiger partial charge in [0, 0.05) is 11.8 Å². The van der Waals surface area contributed by atoms with Crippen LogP contribution in [0.3, 0.4) is 0 Å². The Hall–Kier alpha value is -3.47. The quantitative estimate of drug-likeness (QED) is 0.418. The summed E-state index contributed by atoms with van der Waals surface area (Å²) in [4.78, 5) is 4.79.